The molecule has 1 aromatic carbocycles. The molecule has 0 aliphatic carbocycles. The summed E-state index contributed by atoms with van der Waals surface area (Å²) in [7, 11) is 0. The topological polar surface area (TPSA) is 108 Å². The van der Waals surface area contributed by atoms with Gasteiger partial charge in [-0.15, -0.1) is 0 Å². The van der Waals surface area contributed by atoms with Crippen LogP contribution in [-0.4, -0.2) is 47.6 Å². The fourth-order valence-corrected chi connectivity index (χ4v) is 2.48. The molecule has 0 radical (unpaired) electrons. The van der Waals surface area contributed by atoms with Crippen molar-refractivity contribution in [3.8, 4) is 0 Å². The highest BCUT2D eigenvalue weighted by Crippen LogP contribution is 2.10. The van der Waals surface area contributed by atoms with Crippen molar-refractivity contribution >= 4 is 17.8 Å². The molecule has 0 bridgehead atoms. The van der Waals surface area contributed by atoms with Gasteiger partial charge < -0.3 is 21.1 Å². The molecule has 1 fully saturated rings. The van der Waals surface area contributed by atoms with E-state index in [4.69, 9.17) is 5.11 Å². The summed E-state index contributed by atoms with van der Waals surface area (Å²) in [4.78, 5) is 35.0. The number of amides is 2. The van der Waals surface area contributed by atoms with E-state index in [0.29, 0.717) is 18.5 Å². The first-order valence-electron chi connectivity index (χ1n) is 7.60. The highest BCUT2D eigenvalue weighted by molar-refractivity contribution is 5.94. The van der Waals surface area contributed by atoms with Gasteiger partial charge in [-0.05, 0) is 38.4 Å². The number of carbonyl (C=O) groups is 3. The lowest BCUT2D eigenvalue weighted by Crippen LogP contribution is -2.55. The minimum Gasteiger partial charge on any atom is -0.480 e. The summed E-state index contributed by atoms with van der Waals surface area (Å²) in [5.74, 6) is -1.61. The molecule has 0 spiro atoms. The number of benzene rings is 1. The Labute approximate surface area is 134 Å². The maximum Gasteiger partial charge on any atom is 0.325 e. The Morgan fingerprint density at radius 3 is 2.61 bits per heavy atom. The molecule has 2 amide bonds. The normalized spacial score (nSPS) is 22.0. The Hall–Kier alpha value is -2.41. The van der Waals surface area contributed by atoms with Gasteiger partial charge in [0, 0.05) is 11.6 Å². The second kappa shape index (κ2) is 7.73. The maximum atomic E-state index is 12.1. The molecular formula is C16H21N3O4. The van der Waals surface area contributed by atoms with Crippen LogP contribution >= 0.6 is 0 Å². The van der Waals surface area contributed by atoms with Crippen molar-refractivity contribution in [1.82, 2.24) is 16.0 Å². The van der Waals surface area contributed by atoms with Crippen LogP contribution in [-0.2, 0) is 9.59 Å². The number of nitrogens with one attached hydrogen (secondary N) is 3. The SMILES string of the molecule is C[C@H](NC(=O)C1C[C@@H](NC(=O)c2ccccc2)CCN1)C(=O)O. The molecule has 0 aromatic heterocycles. The Kier molecular flexibility index (Phi) is 5.70. The Balaban J connectivity index is 1.89. The van der Waals surface area contributed by atoms with E-state index in [0.717, 1.165) is 6.42 Å². The van der Waals surface area contributed by atoms with E-state index in [9.17, 15) is 14.4 Å². The van der Waals surface area contributed by atoms with Crippen molar-refractivity contribution in [2.24, 2.45) is 0 Å². The minimum atomic E-state index is -1.08. The third-order valence-corrected chi connectivity index (χ3v) is 3.82. The van der Waals surface area contributed by atoms with E-state index in [-0.39, 0.29) is 17.9 Å². The third-order valence-electron chi connectivity index (χ3n) is 3.82. The monoisotopic (exact) mass is 319 g/mol. The Morgan fingerprint density at radius 1 is 1.26 bits per heavy atom. The van der Waals surface area contributed by atoms with Crippen molar-refractivity contribution in [3.63, 3.8) is 0 Å². The van der Waals surface area contributed by atoms with E-state index in [1.54, 1.807) is 24.3 Å². The first-order chi connectivity index (χ1) is 11.0. The van der Waals surface area contributed by atoms with Crippen molar-refractivity contribution in [2.45, 2.75) is 37.9 Å². The van der Waals surface area contributed by atoms with Gasteiger partial charge in [-0.3, -0.25) is 14.4 Å². The predicted molar refractivity (Wildman–Crippen MR) is 84.0 cm³/mol. The van der Waals surface area contributed by atoms with Gasteiger partial charge in [0.1, 0.15) is 6.04 Å². The summed E-state index contributed by atoms with van der Waals surface area (Å²) in [6, 6.07) is 7.31. The molecule has 23 heavy (non-hydrogen) atoms. The summed E-state index contributed by atoms with van der Waals surface area (Å²) >= 11 is 0. The van der Waals surface area contributed by atoms with Crippen molar-refractivity contribution in [2.75, 3.05) is 6.54 Å². The van der Waals surface area contributed by atoms with Gasteiger partial charge in [0.2, 0.25) is 5.91 Å². The minimum absolute atomic E-state index is 0.125. The van der Waals surface area contributed by atoms with Crippen LogP contribution in [0.1, 0.15) is 30.1 Å². The highest BCUT2D eigenvalue weighted by atomic mass is 16.4. The average Bonchev–Trinajstić information content (AvgIpc) is 2.55. The van der Waals surface area contributed by atoms with Crippen LogP contribution in [0.25, 0.3) is 0 Å². The van der Waals surface area contributed by atoms with Gasteiger partial charge in [0.15, 0.2) is 0 Å². The highest BCUT2D eigenvalue weighted by Gasteiger charge is 2.29. The predicted octanol–water partition coefficient (Wildman–Crippen LogP) is 0.126. The molecule has 1 aliphatic rings. The van der Waals surface area contributed by atoms with Gasteiger partial charge in [-0.25, -0.2) is 0 Å². The lowest BCUT2D eigenvalue weighted by atomic mass is 9.98. The molecule has 0 saturated carbocycles. The summed E-state index contributed by atoms with van der Waals surface area (Å²) < 4.78 is 0. The van der Waals surface area contributed by atoms with E-state index >= 15 is 0 Å². The zero-order valence-corrected chi connectivity index (χ0v) is 12.9. The van der Waals surface area contributed by atoms with Crippen LogP contribution in [0.15, 0.2) is 30.3 Å². The van der Waals surface area contributed by atoms with Gasteiger partial charge in [0.05, 0.1) is 6.04 Å². The van der Waals surface area contributed by atoms with Gasteiger partial charge in [0.25, 0.3) is 5.91 Å². The molecule has 3 atom stereocenters. The van der Waals surface area contributed by atoms with Crippen molar-refractivity contribution in [1.29, 1.82) is 0 Å². The third kappa shape index (κ3) is 4.79. The molecule has 1 aliphatic heterocycles. The van der Waals surface area contributed by atoms with Crippen LogP contribution in [0.3, 0.4) is 0 Å². The fourth-order valence-electron chi connectivity index (χ4n) is 2.48. The largest absolute Gasteiger partial charge is 0.480 e. The lowest BCUT2D eigenvalue weighted by molar-refractivity contribution is -0.141. The average molecular weight is 319 g/mol. The first kappa shape index (κ1) is 17.0. The molecule has 4 N–H and O–H groups in total. The maximum absolute atomic E-state index is 12.1. The number of hydrogen-bond donors (Lipinski definition) is 4. The number of rotatable bonds is 5. The molecule has 1 unspecified atom stereocenters. The van der Waals surface area contributed by atoms with Gasteiger partial charge >= 0.3 is 5.97 Å². The van der Waals surface area contributed by atoms with E-state index in [1.165, 1.54) is 6.92 Å². The molecule has 124 valence electrons. The smallest absolute Gasteiger partial charge is 0.325 e. The standard InChI is InChI=1S/C16H21N3O4/c1-10(16(22)23)18-15(21)13-9-12(7-8-17-13)19-14(20)11-5-3-2-4-6-11/h2-6,10,12-13,17H,7-9H2,1H3,(H,18,21)(H,19,20)(H,22,23)/t10-,12-,13?/m0/s1. The molecule has 2 rings (SSSR count). The number of piperidine rings is 1. The van der Waals surface area contributed by atoms with Crippen molar-refractivity contribution in [3.05, 3.63) is 35.9 Å². The van der Waals surface area contributed by atoms with Gasteiger partial charge in [-0.1, -0.05) is 18.2 Å². The Bertz CT molecular complexity index is 576. The van der Waals surface area contributed by atoms with Crippen LogP contribution < -0.4 is 16.0 Å². The molecule has 7 heteroatoms. The second-order valence-electron chi connectivity index (χ2n) is 5.64. The van der Waals surface area contributed by atoms with E-state index < -0.39 is 18.1 Å². The Morgan fingerprint density at radius 2 is 1.96 bits per heavy atom. The second-order valence-corrected chi connectivity index (χ2v) is 5.64. The van der Waals surface area contributed by atoms with Gasteiger partial charge in [-0.2, -0.15) is 0 Å². The molecule has 1 heterocycles. The number of carbonyl (C=O) groups excluding carboxylic acids is 2. The molecule has 1 aromatic rings. The quantitative estimate of drug-likeness (QED) is 0.617. The van der Waals surface area contributed by atoms with E-state index in [2.05, 4.69) is 16.0 Å². The number of aliphatic carboxylic acids is 1. The number of carboxylic acids is 1. The zero-order valence-electron chi connectivity index (χ0n) is 12.9. The summed E-state index contributed by atoms with van der Waals surface area (Å²) in [6.45, 7) is 2.00. The molecule has 7 nitrogen and oxygen atoms in total. The summed E-state index contributed by atoms with van der Waals surface area (Å²) in [6.07, 6.45) is 1.15. The first-order valence-corrected chi connectivity index (χ1v) is 7.60. The summed E-state index contributed by atoms with van der Waals surface area (Å²) in [5, 5.41) is 17.2. The zero-order chi connectivity index (χ0) is 16.8. The molecule has 1 saturated heterocycles. The number of hydrogen-bond acceptors (Lipinski definition) is 4. The van der Waals surface area contributed by atoms with Crippen LogP contribution in [0.2, 0.25) is 0 Å². The summed E-state index contributed by atoms with van der Waals surface area (Å²) in [5.41, 5.74) is 0.575. The van der Waals surface area contributed by atoms with Crippen LogP contribution in [0.5, 0.6) is 0 Å². The van der Waals surface area contributed by atoms with Crippen molar-refractivity contribution < 1.29 is 19.5 Å². The molecular weight excluding hydrogens is 298 g/mol. The van der Waals surface area contributed by atoms with Crippen LogP contribution in [0, 0.1) is 0 Å². The van der Waals surface area contributed by atoms with Crippen LogP contribution in [0.4, 0.5) is 0 Å². The fraction of sp³-hybridized carbons (Fsp3) is 0.438. The lowest BCUT2D eigenvalue weighted by Gasteiger charge is -2.30. The van der Waals surface area contributed by atoms with E-state index in [1.807, 2.05) is 6.07 Å². The number of carboxylic acid groups (broad SMARTS) is 1.